The molecule has 226 valence electrons. The fourth-order valence-corrected chi connectivity index (χ4v) is 5.19. The van der Waals surface area contributed by atoms with E-state index in [1.807, 2.05) is 36.4 Å². The highest BCUT2D eigenvalue weighted by atomic mass is 32.1. The van der Waals surface area contributed by atoms with E-state index in [2.05, 4.69) is 52.0 Å². The molecule has 5 aromatic rings. The molecule has 0 aliphatic carbocycles. The van der Waals surface area contributed by atoms with Crippen LogP contribution in [0.15, 0.2) is 72.2 Å². The summed E-state index contributed by atoms with van der Waals surface area (Å²) in [5, 5.41) is 24.8. The van der Waals surface area contributed by atoms with Gasteiger partial charge in [-0.15, -0.1) is 11.3 Å². The highest BCUT2D eigenvalue weighted by molar-refractivity contribution is 7.14. The lowest BCUT2D eigenvalue weighted by atomic mass is 9.86. The Hall–Kier alpha value is -5.36. The van der Waals surface area contributed by atoms with Gasteiger partial charge in [0.15, 0.2) is 16.6 Å². The molecule has 2 aromatic heterocycles. The minimum absolute atomic E-state index is 0.0618. The summed E-state index contributed by atoms with van der Waals surface area (Å²) in [6, 6.07) is 18.1. The quantitative estimate of drug-likeness (QED) is 0.112. The van der Waals surface area contributed by atoms with Gasteiger partial charge in [-0.1, -0.05) is 45.0 Å². The number of fused-ring (bicyclic) bond motifs is 1. The van der Waals surface area contributed by atoms with Crippen LogP contribution in [0.2, 0.25) is 0 Å². The van der Waals surface area contributed by atoms with Crippen molar-refractivity contribution in [3.05, 3.63) is 83.5 Å². The van der Waals surface area contributed by atoms with Gasteiger partial charge in [-0.2, -0.15) is 0 Å². The van der Waals surface area contributed by atoms with Crippen LogP contribution in [-0.2, 0) is 5.41 Å². The molecule has 2 amide bonds. The van der Waals surface area contributed by atoms with Crippen molar-refractivity contribution >= 4 is 62.1 Å². The summed E-state index contributed by atoms with van der Waals surface area (Å²) >= 11 is 1.16. The predicted octanol–water partition coefficient (Wildman–Crippen LogP) is 7.92. The number of carbonyl (C=O) groups excluding carboxylic acids is 1. The van der Waals surface area contributed by atoms with E-state index in [0.717, 1.165) is 27.7 Å². The fourth-order valence-electron chi connectivity index (χ4n) is 4.50. The molecule has 2 heterocycles. The Labute approximate surface area is 258 Å². The number of urea groups is 1. The lowest BCUT2D eigenvalue weighted by molar-refractivity contribution is 0.0691. The number of carbonyl (C=O) groups is 2. The zero-order valence-corrected chi connectivity index (χ0v) is 25.6. The zero-order valence-electron chi connectivity index (χ0n) is 24.8. The van der Waals surface area contributed by atoms with Crippen LogP contribution >= 0.6 is 11.3 Å². The van der Waals surface area contributed by atoms with Gasteiger partial charge in [0.05, 0.1) is 24.2 Å². The normalized spacial score (nSPS) is 11.1. The smallest absolute Gasteiger partial charge is 0.355 e. The van der Waals surface area contributed by atoms with E-state index in [1.165, 1.54) is 12.5 Å². The predicted molar refractivity (Wildman–Crippen MR) is 174 cm³/mol. The summed E-state index contributed by atoms with van der Waals surface area (Å²) in [4.78, 5) is 33.1. The Bertz CT molecular complexity index is 1850. The van der Waals surface area contributed by atoms with Gasteiger partial charge in [-0.3, -0.25) is 0 Å². The lowest BCUT2D eigenvalue weighted by Gasteiger charge is -2.24. The van der Waals surface area contributed by atoms with Crippen LogP contribution in [0.25, 0.3) is 10.8 Å². The van der Waals surface area contributed by atoms with Gasteiger partial charge in [0.1, 0.15) is 17.3 Å². The molecule has 0 saturated carbocycles. The largest absolute Gasteiger partial charge is 0.492 e. The number of aromatic nitrogens is 2. The van der Waals surface area contributed by atoms with Crippen molar-refractivity contribution in [2.45, 2.75) is 26.2 Å². The number of aromatic carboxylic acids is 1. The molecule has 0 aliphatic rings. The number of carboxylic acids is 1. The number of anilines is 5. The standard InChI is InChI=1S/C32H32N6O5S/c1-32(2,3)18-14-23(28(42-5)24(15-18)37-31-38-25(17-44-31)29(39)40)36-30(41)35-22-10-11-26(21-9-7-6-8-20(21)22)43-19-12-13-34-27(16-19)33-4/h6-17H,1-5H3,(H,33,34)(H,37,38)(H,39,40)(H2,35,36,41). The first kappa shape index (κ1) is 30.1. The molecule has 0 unspecified atom stereocenters. The molecule has 3 aromatic carbocycles. The van der Waals surface area contributed by atoms with E-state index in [9.17, 15) is 14.7 Å². The highest BCUT2D eigenvalue weighted by Gasteiger charge is 2.22. The number of rotatable bonds is 9. The van der Waals surface area contributed by atoms with Crippen molar-refractivity contribution in [1.29, 1.82) is 0 Å². The second kappa shape index (κ2) is 12.5. The van der Waals surface area contributed by atoms with Gasteiger partial charge in [0.25, 0.3) is 0 Å². The highest BCUT2D eigenvalue weighted by Crippen LogP contribution is 2.41. The zero-order chi connectivity index (χ0) is 31.4. The molecule has 0 aliphatic heterocycles. The van der Waals surface area contributed by atoms with Gasteiger partial charge in [-0.25, -0.2) is 19.6 Å². The van der Waals surface area contributed by atoms with E-state index in [0.29, 0.717) is 45.3 Å². The molecule has 5 N–H and O–H groups in total. The Morgan fingerprint density at radius 1 is 0.932 bits per heavy atom. The number of hydrogen-bond acceptors (Lipinski definition) is 9. The van der Waals surface area contributed by atoms with Gasteiger partial charge in [-0.05, 0) is 41.3 Å². The van der Waals surface area contributed by atoms with Crippen molar-refractivity contribution in [2.75, 3.05) is 35.4 Å². The van der Waals surface area contributed by atoms with Gasteiger partial charge < -0.3 is 35.8 Å². The van der Waals surface area contributed by atoms with E-state index < -0.39 is 12.0 Å². The summed E-state index contributed by atoms with van der Waals surface area (Å²) in [5.41, 5.74) is 2.12. The molecule has 11 nitrogen and oxygen atoms in total. The lowest BCUT2D eigenvalue weighted by Crippen LogP contribution is -2.21. The second-order valence-electron chi connectivity index (χ2n) is 10.8. The number of methoxy groups -OCH3 is 1. The number of carboxylic acid groups (broad SMARTS) is 1. The second-order valence-corrected chi connectivity index (χ2v) is 11.6. The number of nitrogens with zero attached hydrogens (tertiary/aromatic N) is 2. The fraction of sp³-hybridized carbons (Fsp3) is 0.188. The van der Waals surface area contributed by atoms with Crippen LogP contribution in [0.1, 0.15) is 36.8 Å². The third kappa shape index (κ3) is 6.65. The average Bonchev–Trinajstić information content (AvgIpc) is 3.47. The number of pyridine rings is 1. The number of nitrogens with one attached hydrogen (secondary N) is 4. The summed E-state index contributed by atoms with van der Waals surface area (Å²) < 4.78 is 11.9. The summed E-state index contributed by atoms with van der Waals surface area (Å²) in [5.74, 6) is 1.19. The Kier molecular flexibility index (Phi) is 8.54. The van der Waals surface area contributed by atoms with Gasteiger partial charge in [0.2, 0.25) is 0 Å². The summed E-state index contributed by atoms with van der Waals surface area (Å²) in [6.45, 7) is 6.15. The van der Waals surface area contributed by atoms with Crippen LogP contribution in [0.3, 0.4) is 0 Å². The van der Waals surface area contributed by atoms with Gasteiger partial charge in [0, 0.05) is 35.5 Å². The minimum Gasteiger partial charge on any atom is -0.492 e. The van der Waals surface area contributed by atoms with E-state index in [-0.39, 0.29) is 11.1 Å². The van der Waals surface area contributed by atoms with Crippen LogP contribution in [0.5, 0.6) is 17.2 Å². The Balaban J connectivity index is 1.43. The monoisotopic (exact) mass is 612 g/mol. The first-order valence-electron chi connectivity index (χ1n) is 13.7. The third-order valence-electron chi connectivity index (χ3n) is 6.72. The summed E-state index contributed by atoms with van der Waals surface area (Å²) in [6.07, 6.45) is 1.66. The van der Waals surface area contributed by atoms with Crippen molar-refractivity contribution < 1.29 is 24.2 Å². The maximum atomic E-state index is 13.4. The molecule has 5 rings (SSSR count). The number of benzene rings is 3. The average molecular weight is 613 g/mol. The topological polar surface area (TPSA) is 147 Å². The molecule has 0 saturated heterocycles. The maximum absolute atomic E-state index is 13.4. The van der Waals surface area contributed by atoms with Crippen molar-refractivity contribution in [3.8, 4) is 17.2 Å². The van der Waals surface area contributed by atoms with Crippen molar-refractivity contribution in [3.63, 3.8) is 0 Å². The molecule has 44 heavy (non-hydrogen) atoms. The number of thiazole rings is 1. The van der Waals surface area contributed by atoms with Crippen LogP contribution < -0.4 is 30.7 Å². The Morgan fingerprint density at radius 3 is 2.34 bits per heavy atom. The molecule has 0 radical (unpaired) electrons. The Morgan fingerprint density at radius 2 is 1.66 bits per heavy atom. The molecule has 0 atom stereocenters. The molecule has 0 bridgehead atoms. The maximum Gasteiger partial charge on any atom is 0.355 e. The molecule has 0 fully saturated rings. The first-order valence-corrected chi connectivity index (χ1v) is 14.5. The molecule has 12 heteroatoms. The van der Waals surface area contributed by atoms with Crippen LogP contribution in [0, 0.1) is 0 Å². The molecule has 0 spiro atoms. The van der Waals surface area contributed by atoms with Crippen molar-refractivity contribution in [2.24, 2.45) is 0 Å². The third-order valence-corrected chi connectivity index (χ3v) is 7.48. The SMILES string of the molecule is CNc1cc(Oc2ccc(NC(=O)Nc3cc(C(C)(C)C)cc(Nc4nc(C(=O)O)cs4)c3OC)c3ccccc23)ccn1. The number of ether oxygens (including phenoxy) is 2. The van der Waals surface area contributed by atoms with Crippen LogP contribution in [0.4, 0.5) is 32.8 Å². The van der Waals surface area contributed by atoms with Crippen molar-refractivity contribution in [1.82, 2.24) is 9.97 Å². The van der Waals surface area contributed by atoms with Gasteiger partial charge >= 0.3 is 12.0 Å². The number of amides is 2. The molecular weight excluding hydrogens is 580 g/mol. The van der Waals surface area contributed by atoms with E-state index in [1.54, 1.807) is 37.5 Å². The van der Waals surface area contributed by atoms with E-state index in [4.69, 9.17) is 9.47 Å². The first-order chi connectivity index (χ1) is 21.0. The number of hydrogen-bond donors (Lipinski definition) is 5. The van der Waals surface area contributed by atoms with Crippen LogP contribution in [-0.4, -0.2) is 41.2 Å². The summed E-state index contributed by atoms with van der Waals surface area (Å²) in [7, 11) is 3.29. The molecular formula is C32H32N6O5S. The minimum atomic E-state index is -1.11. The van der Waals surface area contributed by atoms with E-state index >= 15 is 0 Å².